The van der Waals surface area contributed by atoms with Crippen LogP contribution in [0.2, 0.25) is 0 Å². The largest absolute Gasteiger partial charge is 0.481 e. The molecule has 0 bridgehead atoms. The molecule has 29 heavy (non-hydrogen) atoms. The van der Waals surface area contributed by atoms with Gasteiger partial charge in [0.05, 0.1) is 12.2 Å². The number of anilines is 1. The molecule has 2 aromatic rings. The third-order valence-electron chi connectivity index (χ3n) is 5.10. The summed E-state index contributed by atoms with van der Waals surface area (Å²) in [6, 6.07) is 13.1. The first-order chi connectivity index (χ1) is 13.8. The number of carbonyl (C=O) groups excluding carboxylic acids is 2. The fourth-order valence-electron chi connectivity index (χ4n) is 3.58. The SMILES string of the molecule is CNC(=O)C1CN(C(=O)C(C)Oc2ccc(C(C)C)c(C)c2)c2ccccc2O1. The summed E-state index contributed by atoms with van der Waals surface area (Å²) < 4.78 is 11.7. The molecule has 0 saturated carbocycles. The lowest BCUT2D eigenvalue weighted by molar-refractivity contribution is -0.129. The highest BCUT2D eigenvalue weighted by Gasteiger charge is 2.35. The van der Waals surface area contributed by atoms with Crippen molar-refractivity contribution >= 4 is 17.5 Å². The van der Waals surface area contributed by atoms with Crippen LogP contribution in [0.3, 0.4) is 0 Å². The van der Waals surface area contributed by atoms with E-state index in [9.17, 15) is 9.59 Å². The van der Waals surface area contributed by atoms with Crippen LogP contribution in [0.5, 0.6) is 11.5 Å². The van der Waals surface area contributed by atoms with Crippen LogP contribution in [0.4, 0.5) is 5.69 Å². The van der Waals surface area contributed by atoms with E-state index in [0.29, 0.717) is 23.1 Å². The Morgan fingerprint density at radius 1 is 1.17 bits per heavy atom. The first-order valence-electron chi connectivity index (χ1n) is 9.87. The second-order valence-electron chi connectivity index (χ2n) is 7.57. The Labute approximate surface area is 171 Å². The van der Waals surface area contributed by atoms with Gasteiger partial charge in [0.2, 0.25) is 0 Å². The molecule has 154 valence electrons. The number of amides is 2. The van der Waals surface area contributed by atoms with Crippen molar-refractivity contribution in [2.45, 2.75) is 45.8 Å². The third-order valence-corrected chi connectivity index (χ3v) is 5.10. The van der Waals surface area contributed by atoms with Crippen LogP contribution >= 0.6 is 0 Å². The highest BCUT2D eigenvalue weighted by atomic mass is 16.5. The molecule has 6 nitrogen and oxygen atoms in total. The summed E-state index contributed by atoms with van der Waals surface area (Å²) in [4.78, 5) is 26.9. The van der Waals surface area contributed by atoms with E-state index in [4.69, 9.17) is 9.47 Å². The fraction of sp³-hybridized carbons (Fsp3) is 0.391. The first kappa shape index (κ1) is 20.7. The number of nitrogens with zero attached hydrogens (tertiary/aromatic N) is 1. The number of aryl methyl sites for hydroxylation is 1. The lowest BCUT2D eigenvalue weighted by atomic mass is 9.98. The van der Waals surface area contributed by atoms with Crippen LogP contribution in [0.1, 0.15) is 37.8 Å². The number of benzene rings is 2. The zero-order valence-corrected chi connectivity index (χ0v) is 17.6. The van der Waals surface area contributed by atoms with Crippen LogP contribution < -0.4 is 19.7 Å². The highest BCUT2D eigenvalue weighted by molar-refractivity contribution is 5.99. The van der Waals surface area contributed by atoms with Gasteiger partial charge < -0.3 is 19.7 Å². The minimum Gasteiger partial charge on any atom is -0.481 e. The Bertz CT molecular complexity index is 910. The molecule has 6 heteroatoms. The number of para-hydroxylation sites is 2. The zero-order chi connectivity index (χ0) is 21.1. The molecule has 1 heterocycles. The van der Waals surface area contributed by atoms with Gasteiger partial charge in [-0.1, -0.05) is 32.0 Å². The van der Waals surface area contributed by atoms with Crippen LogP contribution in [-0.2, 0) is 9.59 Å². The molecule has 3 rings (SSSR count). The number of fused-ring (bicyclic) bond motifs is 1. The van der Waals surface area contributed by atoms with E-state index in [1.165, 1.54) is 5.56 Å². The first-order valence-corrected chi connectivity index (χ1v) is 9.87. The molecule has 2 aromatic carbocycles. The normalized spacial score (nSPS) is 16.6. The Balaban J connectivity index is 1.81. The molecule has 2 amide bonds. The maximum Gasteiger partial charge on any atom is 0.268 e. The minimum absolute atomic E-state index is 0.133. The molecule has 1 N–H and O–H groups in total. The van der Waals surface area contributed by atoms with Gasteiger partial charge >= 0.3 is 0 Å². The summed E-state index contributed by atoms with van der Waals surface area (Å²) in [5, 5.41) is 2.58. The van der Waals surface area contributed by atoms with Crippen molar-refractivity contribution in [1.29, 1.82) is 0 Å². The summed E-state index contributed by atoms with van der Waals surface area (Å²) in [7, 11) is 1.55. The molecule has 0 saturated heterocycles. The highest BCUT2D eigenvalue weighted by Crippen LogP contribution is 2.34. The number of hydrogen-bond donors (Lipinski definition) is 1. The number of rotatable bonds is 5. The van der Waals surface area contributed by atoms with Gasteiger partial charge in [0.15, 0.2) is 12.2 Å². The van der Waals surface area contributed by atoms with Crippen molar-refractivity contribution in [2.75, 3.05) is 18.5 Å². The van der Waals surface area contributed by atoms with Gasteiger partial charge in [-0.3, -0.25) is 9.59 Å². The minimum atomic E-state index is -0.765. The van der Waals surface area contributed by atoms with E-state index >= 15 is 0 Å². The van der Waals surface area contributed by atoms with E-state index in [-0.39, 0.29) is 18.4 Å². The number of hydrogen-bond acceptors (Lipinski definition) is 4. The van der Waals surface area contributed by atoms with E-state index < -0.39 is 12.2 Å². The molecule has 1 aliphatic heterocycles. The summed E-state index contributed by atoms with van der Waals surface area (Å²) >= 11 is 0. The maximum absolute atomic E-state index is 13.2. The van der Waals surface area contributed by atoms with Gasteiger partial charge in [-0.2, -0.15) is 0 Å². The fourth-order valence-corrected chi connectivity index (χ4v) is 3.58. The van der Waals surface area contributed by atoms with Crippen molar-refractivity contribution in [2.24, 2.45) is 0 Å². The topological polar surface area (TPSA) is 67.9 Å². The van der Waals surface area contributed by atoms with Crippen molar-refractivity contribution < 1.29 is 19.1 Å². The van der Waals surface area contributed by atoms with Crippen LogP contribution in [0.25, 0.3) is 0 Å². The third kappa shape index (κ3) is 4.36. The van der Waals surface area contributed by atoms with E-state index in [2.05, 4.69) is 19.2 Å². The Hall–Kier alpha value is -3.02. The van der Waals surface area contributed by atoms with Gasteiger partial charge in [-0.15, -0.1) is 0 Å². The van der Waals surface area contributed by atoms with E-state index in [1.54, 1.807) is 24.9 Å². The predicted octanol–water partition coefficient (Wildman–Crippen LogP) is 3.43. The molecule has 0 radical (unpaired) electrons. The Morgan fingerprint density at radius 2 is 1.90 bits per heavy atom. The molecular weight excluding hydrogens is 368 g/mol. The lowest BCUT2D eigenvalue weighted by Crippen LogP contribution is -2.52. The molecule has 2 atom stereocenters. The van der Waals surface area contributed by atoms with Gasteiger partial charge in [0.1, 0.15) is 11.5 Å². The van der Waals surface area contributed by atoms with Gasteiger partial charge in [-0.25, -0.2) is 0 Å². The molecule has 0 aromatic heterocycles. The summed E-state index contributed by atoms with van der Waals surface area (Å²) in [6.07, 6.45) is -1.48. The second-order valence-corrected chi connectivity index (χ2v) is 7.57. The molecule has 1 aliphatic rings. The van der Waals surface area contributed by atoms with Crippen molar-refractivity contribution in [1.82, 2.24) is 5.32 Å². The molecule has 0 aliphatic carbocycles. The number of nitrogens with one attached hydrogen (secondary N) is 1. The summed E-state index contributed by atoms with van der Waals surface area (Å²) in [5.74, 6) is 1.09. The number of carbonyl (C=O) groups is 2. The molecular formula is C23H28N2O4. The second kappa shape index (κ2) is 8.55. The van der Waals surface area contributed by atoms with Crippen LogP contribution in [0, 0.1) is 6.92 Å². The van der Waals surface area contributed by atoms with Gasteiger partial charge in [0.25, 0.3) is 11.8 Å². The quantitative estimate of drug-likeness (QED) is 0.841. The smallest absolute Gasteiger partial charge is 0.268 e. The van der Waals surface area contributed by atoms with Crippen LogP contribution in [0.15, 0.2) is 42.5 Å². The predicted molar refractivity (Wildman–Crippen MR) is 113 cm³/mol. The molecule has 2 unspecified atom stereocenters. The Morgan fingerprint density at radius 3 is 2.55 bits per heavy atom. The van der Waals surface area contributed by atoms with Gasteiger partial charge in [0, 0.05) is 7.05 Å². The summed E-state index contributed by atoms with van der Waals surface area (Å²) in [5.41, 5.74) is 3.03. The average Bonchev–Trinajstić information content (AvgIpc) is 2.71. The van der Waals surface area contributed by atoms with E-state index in [0.717, 1.165) is 5.56 Å². The molecule has 0 fully saturated rings. The van der Waals surface area contributed by atoms with Gasteiger partial charge in [-0.05, 0) is 55.2 Å². The Kier molecular flexibility index (Phi) is 6.11. The van der Waals surface area contributed by atoms with Crippen molar-refractivity contribution in [3.8, 4) is 11.5 Å². The number of ether oxygens (including phenoxy) is 2. The standard InChI is InChI=1S/C23H28N2O4/c1-14(2)18-11-10-17(12-15(18)3)28-16(4)23(27)25-13-21(22(26)24-5)29-20-9-7-6-8-19(20)25/h6-12,14,16,21H,13H2,1-5H3,(H,24,26). The zero-order valence-electron chi connectivity index (χ0n) is 17.6. The van der Waals surface area contributed by atoms with Crippen molar-refractivity contribution in [3.63, 3.8) is 0 Å². The number of likely N-dealkylation sites (N-methyl/N-ethyl adjacent to an activating group) is 1. The maximum atomic E-state index is 13.2. The monoisotopic (exact) mass is 396 g/mol. The van der Waals surface area contributed by atoms with Crippen molar-refractivity contribution in [3.05, 3.63) is 53.6 Å². The van der Waals surface area contributed by atoms with E-state index in [1.807, 2.05) is 43.3 Å². The van der Waals surface area contributed by atoms with Crippen LogP contribution in [-0.4, -0.2) is 37.6 Å². The summed E-state index contributed by atoms with van der Waals surface area (Å²) in [6.45, 7) is 8.19. The lowest BCUT2D eigenvalue weighted by Gasteiger charge is -2.35. The average molecular weight is 396 g/mol. The molecule has 0 spiro atoms.